The van der Waals surface area contributed by atoms with Crippen molar-refractivity contribution in [1.29, 1.82) is 0 Å². The minimum Gasteiger partial charge on any atom is -0.496 e. The summed E-state index contributed by atoms with van der Waals surface area (Å²) in [6.07, 6.45) is 0. The molecular formula is C20H21ClO10. The molecule has 168 valence electrons. The van der Waals surface area contributed by atoms with Gasteiger partial charge in [0.2, 0.25) is 5.75 Å². The largest absolute Gasteiger partial charge is 0.496 e. The quantitative estimate of drug-likeness (QED) is 0.451. The number of halogens is 1. The van der Waals surface area contributed by atoms with Gasteiger partial charge in [-0.2, -0.15) is 0 Å². The molecule has 10 nitrogen and oxygen atoms in total. The molecule has 2 aromatic carbocycles. The number of ether oxygens (including phenoxy) is 5. The van der Waals surface area contributed by atoms with Crippen molar-refractivity contribution in [2.45, 2.75) is 0 Å². The van der Waals surface area contributed by atoms with Crippen LogP contribution < -0.4 is 42.3 Å². The fourth-order valence-corrected chi connectivity index (χ4v) is 2.78. The molecule has 0 aliphatic heterocycles. The molecule has 0 fully saturated rings. The summed E-state index contributed by atoms with van der Waals surface area (Å²) in [5.41, 5.74) is 1.41. The van der Waals surface area contributed by atoms with E-state index in [-0.39, 0.29) is 0 Å². The molecule has 1 heterocycles. The number of hydrogen-bond acceptors (Lipinski definition) is 9. The van der Waals surface area contributed by atoms with Gasteiger partial charge in [0.15, 0.2) is 11.5 Å². The SMILES string of the molecule is COc1cc(OC)c2cc(OC)c(-c3ccc(OC)c(OC)c3)[o+]c2c1.[O-][Cl+3]([O-])([O-])[O-]. The van der Waals surface area contributed by atoms with Gasteiger partial charge in [-0.25, -0.2) is 23.1 Å². The predicted molar refractivity (Wildman–Crippen MR) is 98.8 cm³/mol. The van der Waals surface area contributed by atoms with Gasteiger partial charge in [-0.15, -0.1) is 10.2 Å². The average Bonchev–Trinajstić information content (AvgIpc) is 2.75. The van der Waals surface area contributed by atoms with Crippen molar-refractivity contribution >= 4 is 11.0 Å². The molecule has 0 saturated heterocycles. The van der Waals surface area contributed by atoms with Gasteiger partial charge >= 0.3 is 11.3 Å². The molecular weight excluding hydrogens is 436 g/mol. The van der Waals surface area contributed by atoms with Crippen molar-refractivity contribution in [3.05, 3.63) is 36.4 Å². The highest BCUT2D eigenvalue weighted by molar-refractivity contribution is 5.89. The molecule has 0 N–H and O–H groups in total. The summed E-state index contributed by atoms with van der Waals surface area (Å²) in [5.74, 6) is 3.66. The fourth-order valence-electron chi connectivity index (χ4n) is 2.78. The third kappa shape index (κ3) is 6.23. The van der Waals surface area contributed by atoms with Crippen LogP contribution in [0.2, 0.25) is 0 Å². The van der Waals surface area contributed by atoms with Crippen LogP contribution in [0, 0.1) is 10.2 Å². The van der Waals surface area contributed by atoms with E-state index in [0.717, 1.165) is 10.9 Å². The Morgan fingerprint density at radius 2 is 1.23 bits per heavy atom. The Hall–Kier alpha value is -3.02. The van der Waals surface area contributed by atoms with Gasteiger partial charge < -0.3 is 23.7 Å². The highest BCUT2D eigenvalue weighted by Gasteiger charge is 2.26. The lowest BCUT2D eigenvalue weighted by molar-refractivity contribution is -2.00. The van der Waals surface area contributed by atoms with E-state index in [2.05, 4.69) is 0 Å². The van der Waals surface area contributed by atoms with Crippen molar-refractivity contribution in [2.75, 3.05) is 35.5 Å². The third-order valence-corrected chi connectivity index (χ3v) is 4.11. The molecule has 0 bridgehead atoms. The monoisotopic (exact) mass is 456 g/mol. The maximum atomic E-state index is 8.49. The topological polar surface area (TPSA) is 150 Å². The Kier molecular flexibility index (Phi) is 8.08. The second kappa shape index (κ2) is 10.3. The highest BCUT2D eigenvalue weighted by atomic mass is 35.7. The molecule has 0 saturated carbocycles. The van der Waals surface area contributed by atoms with Crippen molar-refractivity contribution in [3.63, 3.8) is 0 Å². The molecule has 3 rings (SSSR count). The van der Waals surface area contributed by atoms with Crippen LogP contribution in [-0.4, -0.2) is 35.5 Å². The summed E-state index contributed by atoms with van der Waals surface area (Å²) >= 11 is 0. The molecule has 0 aliphatic rings. The number of methoxy groups -OCH3 is 5. The second-order valence-corrected chi connectivity index (χ2v) is 6.59. The summed E-state index contributed by atoms with van der Waals surface area (Å²) in [4.78, 5) is 0. The Bertz CT molecular complexity index is 1030. The maximum absolute atomic E-state index is 8.49. The third-order valence-electron chi connectivity index (χ3n) is 4.11. The normalized spacial score (nSPS) is 10.7. The van der Waals surface area contributed by atoms with E-state index >= 15 is 0 Å². The van der Waals surface area contributed by atoms with Gasteiger partial charge in [0.1, 0.15) is 16.9 Å². The van der Waals surface area contributed by atoms with E-state index in [0.29, 0.717) is 40.1 Å². The molecule has 0 amide bonds. The molecule has 31 heavy (non-hydrogen) atoms. The zero-order valence-corrected chi connectivity index (χ0v) is 18.2. The van der Waals surface area contributed by atoms with Gasteiger partial charge in [-0.1, -0.05) is 0 Å². The number of rotatable bonds is 6. The molecule has 0 radical (unpaired) electrons. The molecule has 0 atom stereocenters. The summed E-state index contributed by atoms with van der Waals surface area (Å²) in [6.45, 7) is 0. The van der Waals surface area contributed by atoms with Crippen LogP contribution in [0.25, 0.3) is 22.3 Å². The molecule has 11 heteroatoms. The summed E-state index contributed by atoms with van der Waals surface area (Å²) in [5, 5.41) is 0.786. The molecule has 0 spiro atoms. The van der Waals surface area contributed by atoms with Gasteiger partial charge in [0, 0.05) is 18.2 Å². The lowest BCUT2D eigenvalue weighted by Crippen LogP contribution is -2.68. The Labute approximate surface area is 180 Å². The first-order chi connectivity index (χ1) is 14.6. The lowest BCUT2D eigenvalue weighted by Gasteiger charge is -2.17. The predicted octanol–water partition coefficient (Wildman–Crippen LogP) is -0.332. The van der Waals surface area contributed by atoms with E-state index in [9.17, 15) is 0 Å². The molecule has 3 aromatic rings. The molecule has 0 aliphatic carbocycles. The second-order valence-electron chi connectivity index (χ2n) is 5.83. The van der Waals surface area contributed by atoms with Gasteiger partial charge in [0.25, 0.3) is 0 Å². The number of hydrogen-bond donors (Lipinski definition) is 0. The van der Waals surface area contributed by atoms with Crippen LogP contribution in [-0.2, 0) is 0 Å². The standard InChI is InChI=1S/C20H21O6.ClHO4/c1-21-13-9-16(23-3)14-11-19(25-5)20(26-17(14)10-13)12-6-7-15(22-2)18(8-12)24-4;2-1(3,4)5/h6-11H,1-5H3;(H,2,3,4,5)/q+1;/p-1. The van der Waals surface area contributed by atoms with Crippen LogP contribution >= 0.6 is 0 Å². The van der Waals surface area contributed by atoms with Crippen molar-refractivity contribution in [2.24, 2.45) is 0 Å². The highest BCUT2D eigenvalue weighted by Crippen LogP contribution is 2.41. The number of fused-ring (bicyclic) bond motifs is 1. The van der Waals surface area contributed by atoms with Crippen molar-refractivity contribution in [3.8, 4) is 40.1 Å². The summed E-state index contributed by atoms with van der Waals surface area (Å²) < 4.78 is 67.1. The first kappa shape index (κ1) is 24.3. The fraction of sp³-hybridized carbons (Fsp3) is 0.250. The van der Waals surface area contributed by atoms with Crippen LogP contribution in [0.15, 0.2) is 40.8 Å². The minimum absolute atomic E-state index is 0.566. The van der Waals surface area contributed by atoms with Crippen molar-refractivity contribution < 1.29 is 57.0 Å². The Morgan fingerprint density at radius 1 is 0.645 bits per heavy atom. The first-order valence-corrected chi connectivity index (χ1v) is 9.79. The van der Waals surface area contributed by atoms with Gasteiger partial charge in [0.05, 0.1) is 47.2 Å². The minimum atomic E-state index is -4.94. The van der Waals surface area contributed by atoms with E-state index in [1.165, 1.54) is 0 Å². The van der Waals surface area contributed by atoms with E-state index in [1.807, 2.05) is 30.3 Å². The van der Waals surface area contributed by atoms with Crippen molar-refractivity contribution in [1.82, 2.24) is 0 Å². The Morgan fingerprint density at radius 3 is 1.74 bits per heavy atom. The maximum Gasteiger partial charge on any atom is 0.402 e. The lowest BCUT2D eigenvalue weighted by atomic mass is 10.1. The summed E-state index contributed by atoms with van der Waals surface area (Å²) in [6, 6.07) is 11.0. The molecule has 1 aromatic heterocycles. The van der Waals surface area contributed by atoms with Gasteiger partial charge in [-0.3, -0.25) is 0 Å². The average molecular weight is 457 g/mol. The van der Waals surface area contributed by atoms with Crippen LogP contribution in [0.1, 0.15) is 0 Å². The smallest absolute Gasteiger partial charge is 0.402 e. The summed E-state index contributed by atoms with van der Waals surface area (Å²) in [7, 11) is 3.03. The molecule has 0 unspecified atom stereocenters. The van der Waals surface area contributed by atoms with E-state index in [1.54, 1.807) is 41.6 Å². The van der Waals surface area contributed by atoms with E-state index < -0.39 is 10.2 Å². The van der Waals surface area contributed by atoms with Crippen LogP contribution in [0.3, 0.4) is 0 Å². The zero-order chi connectivity index (χ0) is 23.2. The van der Waals surface area contributed by atoms with E-state index in [4.69, 9.17) is 46.7 Å². The zero-order valence-electron chi connectivity index (χ0n) is 17.4. The number of benzene rings is 2. The Balaban J connectivity index is 0.000000614. The van der Waals surface area contributed by atoms with Crippen LogP contribution in [0.4, 0.5) is 0 Å². The first-order valence-electron chi connectivity index (χ1n) is 8.56. The van der Waals surface area contributed by atoms with Gasteiger partial charge in [-0.05, 0) is 12.1 Å². The van der Waals surface area contributed by atoms with Crippen LogP contribution in [0.5, 0.6) is 28.7 Å².